The van der Waals surface area contributed by atoms with Crippen LogP contribution in [0, 0.1) is 0 Å². The summed E-state index contributed by atoms with van der Waals surface area (Å²) in [5.41, 5.74) is 1.90. The zero-order valence-electron chi connectivity index (χ0n) is 14.4. The van der Waals surface area contributed by atoms with Crippen LogP contribution in [0.5, 0.6) is 23.0 Å². The van der Waals surface area contributed by atoms with E-state index in [1.165, 1.54) is 0 Å². The predicted molar refractivity (Wildman–Crippen MR) is 96.1 cm³/mol. The van der Waals surface area contributed by atoms with Crippen LogP contribution in [-0.4, -0.2) is 53.1 Å². The van der Waals surface area contributed by atoms with Crippen molar-refractivity contribution in [2.45, 2.75) is 0 Å². The molecule has 0 aliphatic rings. The molecule has 0 unspecified atom stereocenters. The summed E-state index contributed by atoms with van der Waals surface area (Å²) in [7, 11) is 6.52. The number of rotatable bonds is 6. The minimum absolute atomic E-state index is 0.0469. The molecule has 3 rings (SSSR count). The maximum absolute atomic E-state index is 5.33. The third-order valence-electron chi connectivity index (χ3n) is 3.62. The molecule has 0 saturated heterocycles. The van der Waals surface area contributed by atoms with Gasteiger partial charge in [0.15, 0.2) is 0 Å². The SMILES string of the molecule is COc1cc(OC)cc(-c2nnc(-c3cc(OC)cc(OC)c3)[se]2)c1. The summed E-state index contributed by atoms with van der Waals surface area (Å²) < 4.78 is 23.2. The number of hydrogen-bond donors (Lipinski definition) is 0. The number of benzene rings is 2. The predicted octanol–water partition coefficient (Wildman–Crippen LogP) is 2.90. The van der Waals surface area contributed by atoms with Crippen molar-refractivity contribution in [1.82, 2.24) is 10.2 Å². The first-order valence-corrected chi connectivity index (χ1v) is 9.18. The zero-order valence-corrected chi connectivity index (χ0v) is 16.1. The molecule has 0 bridgehead atoms. The second-order valence-corrected chi connectivity index (χ2v) is 7.17. The van der Waals surface area contributed by atoms with Crippen LogP contribution in [0.25, 0.3) is 20.3 Å². The fourth-order valence-corrected chi connectivity index (χ4v) is 4.03. The van der Waals surface area contributed by atoms with Crippen molar-refractivity contribution in [2.75, 3.05) is 28.4 Å². The van der Waals surface area contributed by atoms with Gasteiger partial charge in [0.25, 0.3) is 0 Å². The summed E-state index contributed by atoms with van der Waals surface area (Å²) in [6.07, 6.45) is 0. The third kappa shape index (κ3) is 3.78. The molecule has 0 N–H and O–H groups in total. The Balaban J connectivity index is 2.01. The summed E-state index contributed by atoms with van der Waals surface area (Å²) in [4.78, 5) is 0. The molecule has 0 atom stereocenters. The molecule has 0 spiro atoms. The van der Waals surface area contributed by atoms with Gasteiger partial charge in [-0.1, -0.05) is 0 Å². The van der Waals surface area contributed by atoms with Gasteiger partial charge in [0.1, 0.15) is 0 Å². The van der Waals surface area contributed by atoms with Crippen molar-refractivity contribution in [3.63, 3.8) is 0 Å². The van der Waals surface area contributed by atoms with Gasteiger partial charge in [-0.05, 0) is 0 Å². The molecule has 0 fully saturated rings. The first kappa shape index (κ1) is 17.3. The van der Waals surface area contributed by atoms with E-state index in [0.717, 1.165) is 43.3 Å². The monoisotopic (exact) mass is 406 g/mol. The van der Waals surface area contributed by atoms with Crippen LogP contribution in [-0.2, 0) is 0 Å². The van der Waals surface area contributed by atoms with Crippen molar-refractivity contribution >= 4 is 14.5 Å². The zero-order chi connectivity index (χ0) is 17.8. The van der Waals surface area contributed by atoms with Crippen molar-refractivity contribution < 1.29 is 18.9 Å². The van der Waals surface area contributed by atoms with Crippen LogP contribution >= 0.6 is 0 Å². The van der Waals surface area contributed by atoms with Crippen LogP contribution in [0.1, 0.15) is 0 Å². The summed E-state index contributed by atoms with van der Waals surface area (Å²) in [5.74, 6) is 2.90. The average molecular weight is 405 g/mol. The first-order chi connectivity index (χ1) is 12.2. The van der Waals surface area contributed by atoms with Gasteiger partial charge >= 0.3 is 152 Å². The topological polar surface area (TPSA) is 62.7 Å². The average Bonchev–Trinajstić information content (AvgIpc) is 3.17. The fourth-order valence-electron chi connectivity index (χ4n) is 2.32. The van der Waals surface area contributed by atoms with Crippen LogP contribution in [0.3, 0.4) is 0 Å². The van der Waals surface area contributed by atoms with E-state index < -0.39 is 0 Å². The summed E-state index contributed by atoms with van der Waals surface area (Å²) >= 11 is -0.0469. The van der Waals surface area contributed by atoms with E-state index in [4.69, 9.17) is 18.9 Å². The van der Waals surface area contributed by atoms with Crippen molar-refractivity contribution in [3.05, 3.63) is 36.4 Å². The fraction of sp³-hybridized carbons (Fsp3) is 0.222. The molecular formula is C18H18N2O4Se. The number of nitrogens with zero attached hydrogens (tertiary/aromatic N) is 2. The van der Waals surface area contributed by atoms with Gasteiger partial charge in [-0.3, -0.25) is 0 Å². The molecule has 7 heteroatoms. The van der Waals surface area contributed by atoms with E-state index in [0.29, 0.717) is 0 Å². The molecule has 25 heavy (non-hydrogen) atoms. The molecule has 0 saturated carbocycles. The van der Waals surface area contributed by atoms with Crippen molar-refractivity contribution in [2.24, 2.45) is 0 Å². The Hall–Kier alpha value is -2.50. The van der Waals surface area contributed by atoms with Crippen molar-refractivity contribution in [1.29, 1.82) is 0 Å². The van der Waals surface area contributed by atoms with Crippen LogP contribution in [0.15, 0.2) is 36.4 Å². The molecular weight excluding hydrogens is 387 g/mol. The van der Waals surface area contributed by atoms with Gasteiger partial charge in [-0.2, -0.15) is 0 Å². The molecule has 0 aliphatic heterocycles. The van der Waals surface area contributed by atoms with E-state index in [2.05, 4.69) is 10.2 Å². The van der Waals surface area contributed by atoms with Crippen LogP contribution in [0.4, 0.5) is 0 Å². The van der Waals surface area contributed by atoms with E-state index in [1.807, 2.05) is 36.4 Å². The molecule has 3 aromatic rings. The molecule has 0 aliphatic carbocycles. The number of ether oxygens (including phenoxy) is 4. The standard InChI is InChI=1S/C18H18N2O4Se/c1-21-13-5-11(6-14(9-13)22-2)17-19-20-18(25-17)12-7-15(23-3)10-16(8-12)24-4/h5-10H,1-4H3. The van der Waals surface area contributed by atoms with E-state index in [9.17, 15) is 0 Å². The molecule has 1 aromatic heterocycles. The second kappa shape index (κ2) is 7.59. The molecule has 6 nitrogen and oxygen atoms in total. The van der Waals surface area contributed by atoms with Gasteiger partial charge in [-0.25, -0.2) is 0 Å². The van der Waals surface area contributed by atoms with Gasteiger partial charge in [0, 0.05) is 0 Å². The van der Waals surface area contributed by atoms with Gasteiger partial charge in [0.05, 0.1) is 0 Å². The Kier molecular flexibility index (Phi) is 5.26. The summed E-state index contributed by atoms with van der Waals surface area (Å²) in [5, 5.41) is 8.73. The first-order valence-electron chi connectivity index (χ1n) is 7.47. The summed E-state index contributed by atoms with van der Waals surface area (Å²) in [6.45, 7) is 0. The molecule has 0 radical (unpaired) electrons. The molecule has 130 valence electrons. The minimum atomic E-state index is -0.0469. The number of methoxy groups -OCH3 is 4. The van der Waals surface area contributed by atoms with Gasteiger partial charge in [0.2, 0.25) is 0 Å². The number of aromatic nitrogens is 2. The molecule has 1 heterocycles. The van der Waals surface area contributed by atoms with Gasteiger partial charge < -0.3 is 0 Å². The van der Waals surface area contributed by atoms with E-state index >= 15 is 0 Å². The van der Waals surface area contributed by atoms with Gasteiger partial charge in [-0.15, -0.1) is 0 Å². The van der Waals surface area contributed by atoms with Crippen LogP contribution in [0.2, 0.25) is 0 Å². The Morgan fingerprint density at radius 1 is 0.560 bits per heavy atom. The Morgan fingerprint density at radius 2 is 0.880 bits per heavy atom. The van der Waals surface area contributed by atoms with Crippen LogP contribution < -0.4 is 18.9 Å². The molecule has 2 aromatic carbocycles. The third-order valence-corrected chi connectivity index (χ3v) is 5.76. The second-order valence-electron chi connectivity index (χ2n) is 5.12. The quantitative estimate of drug-likeness (QED) is 0.588. The Morgan fingerprint density at radius 3 is 1.16 bits per heavy atom. The maximum atomic E-state index is 5.33. The Labute approximate surface area is 152 Å². The van der Waals surface area contributed by atoms with E-state index in [1.54, 1.807) is 28.4 Å². The summed E-state index contributed by atoms with van der Waals surface area (Å²) in [6, 6.07) is 11.4. The Bertz CT molecular complexity index is 765. The van der Waals surface area contributed by atoms with Crippen molar-refractivity contribution in [3.8, 4) is 43.3 Å². The van der Waals surface area contributed by atoms with E-state index in [-0.39, 0.29) is 14.5 Å². The normalized spacial score (nSPS) is 10.4. The number of hydrogen-bond acceptors (Lipinski definition) is 6. The molecule has 0 amide bonds.